The number of carbonyl (C=O) groups excluding carboxylic acids is 1. The van der Waals surface area contributed by atoms with E-state index in [0.717, 1.165) is 17.7 Å². The highest BCUT2D eigenvalue weighted by Gasteiger charge is 2.23. The number of primary amides is 1. The van der Waals surface area contributed by atoms with E-state index in [2.05, 4.69) is 11.2 Å². The topological polar surface area (TPSA) is 82.5 Å². The highest BCUT2D eigenvalue weighted by Crippen LogP contribution is 2.22. The van der Waals surface area contributed by atoms with Crippen molar-refractivity contribution in [3.8, 4) is 6.07 Å². The van der Waals surface area contributed by atoms with Crippen molar-refractivity contribution in [1.29, 1.82) is 5.26 Å². The average molecular weight is 242 g/mol. The quantitative estimate of drug-likeness (QED) is 0.857. The van der Waals surface area contributed by atoms with Crippen molar-refractivity contribution >= 4 is 11.7 Å². The van der Waals surface area contributed by atoms with Crippen LogP contribution in [0.15, 0.2) is 29.4 Å². The number of urea groups is 1. The molecule has 2 rings (SSSR count). The molecule has 5 heteroatoms. The van der Waals surface area contributed by atoms with Gasteiger partial charge < -0.3 is 5.73 Å². The van der Waals surface area contributed by atoms with Crippen molar-refractivity contribution in [2.75, 3.05) is 6.54 Å². The Balaban J connectivity index is 2.16. The zero-order valence-corrected chi connectivity index (χ0v) is 10.1. The molecule has 1 aliphatic heterocycles. The zero-order chi connectivity index (χ0) is 13.1. The molecule has 92 valence electrons. The van der Waals surface area contributed by atoms with Crippen molar-refractivity contribution in [1.82, 2.24) is 5.01 Å². The number of hydrazone groups is 1. The van der Waals surface area contributed by atoms with Gasteiger partial charge in [0.25, 0.3) is 0 Å². The molecule has 1 aromatic carbocycles. The molecule has 0 unspecified atom stereocenters. The second-order valence-electron chi connectivity index (χ2n) is 4.26. The van der Waals surface area contributed by atoms with Gasteiger partial charge >= 0.3 is 6.03 Å². The van der Waals surface area contributed by atoms with Crippen molar-refractivity contribution in [3.63, 3.8) is 0 Å². The molecular formula is C13H14N4O. The largest absolute Gasteiger partial charge is 0.350 e. The molecule has 2 amide bonds. The third kappa shape index (κ3) is 2.33. The molecule has 0 saturated carbocycles. The van der Waals surface area contributed by atoms with Crippen LogP contribution >= 0.6 is 0 Å². The first-order chi connectivity index (χ1) is 8.61. The maximum Gasteiger partial charge on any atom is 0.335 e. The van der Waals surface area contributed by atoms with Gasteiger partial charge in [0.05, 0.1) is 18.2 Å². The fourth-order valence-electron chi connectivity index (χ4n) is 1.98. The molecule has 0 aromatic heterocycles. The van der Waals surface area contributed by atoms with E-state index in [-0.39, 0.29) is 5.92 Å². The SMILES string of the molecule is C[C@@H](C1=NN(C(N)=O)CC1)c1ccc(C#N)cc1. The second-order valence-corrected chi connectivity index (χ2v) is 4.26. The van der Waals surface area contributed by atoms with Crippen molar-refractivity contribution in [2.24, 2.45) is 10.8 Å². The van der Waals surface area contributed by atoms with E-state index in [1.165, 1.54) is 5.01 Å². The van der Waals surface area contributed by atoms with Gasteiger partial charge in [0.2, 0.25) is 0 Å². The molecule has 0 bridgehead atoms. The highest BCUT2D eigenvalue weighted by molar-refractivity contribution is 5.93. The Morgan fingerprint density at radius 1 is 1.50 bits per heavy atom. The lowest BCUT2D eigenvalue weighted by atomic mass is 9.94. The van der Waals surface area contributed by atoms with Crippen molar-refractivity contribution in [3.05, 3.63) is 35.4 Å². The van der Waals surface area contributed by atoms with Gasteiger partial charge in [-0.25, -0.2) is 9.80 Å². The normalized spacial score (nSPS) is 16.0. The van der Waals surface area contributed by atoms with E-state index >= 15 is 0 Å². The summed E-state index contributed by atoms with van der Waals surface area (Å²) in [5, 5.41) is 14.2. The van der Waals surface area contributed by atoms with Crippen LogP contribution in [0.3, 0.4) is 0 Å². The number of nitrogens with zero attached hydrogens (tertiary/aromatic N) is 3. The standard InChI is InChI=1S/C13H14N4O/c1-9(11-4-2-10(8-14)3-5-11)12-6-7-17(16-12)13(15)18/h2-5,9H,6-7H2,1H3,(H2,15,18)/t9-/m1/s1. The van der Waals surface area contributed by atoms with Crippen LogP contribution in [0.25, 0.3) is 0 Å². The van der Waals surface area contributed by atoms with E-state index in [1.807, 2.05) is 19.1 Å². The molecular weight excluding hydrogens is 228 g/mol. The summed E-state index contributed by atoms with van der Waals surface area (Å²) >= 11 is 0. The van der Waals surface area contributed by atoms with Gasteiger partial charge in [0.1, 0.15) is 0 Å². The summed E-state index contributed by atoms with van der Waals surface area (Å²) in [4.78, 5) is 11.0. The maximum absolute atomic E-state index is 11.0. The van der Waals surface area contributed by atoms with Crippen LogP contribution in [0.1, 0.15) is 30.4 Å². The minimum atomic E-state index is -0.517. The van der Waals surface area contributed by atoms with E-state index in [9.17, 15) is 4.79 Å². The van der Waals surface area contributed by atoms with Crippen molar-refractivity contribution < 1.29 is 4.79 Å². The number of amides is 2. The van der Waals surface area contributed by atoms with E-state index < -0.39 is 6.03 Å². The van der Waals surface area contributed by atoms with Gasteiger partial charge in [-0.1, -0.05) is 19.1 Å². The van der Waals surface area contributed by atoms with Crippen molar-refractivity contribution in [2.45, 2.75) is 19.3 Å². The van der Waals surface area contributed by atoms with Crippen LogP contribution in [0.2, 0.25) is 0 Å². The molecule has 0 fully saturated rings. The summed E-state index contributed by atoms with van der Waals surface area (Å²) in [6.07, 6.45) is 0.740. The minimum absolute atomic E-state index is 0.127. The fraction of sp³-hybridized carbons (Fsp3) is 0.308. The molecule has 0 aliphatic carbocycles. The summed E-state index contributed by atoms with van der Waals surface area (Å²) in [7, 11) is 0. The lowest BCUT2D eigenvalue weighted by Gasteiger charge is -2.11. The Labute approximate surface area is 105 Å². The van der Waals surface area contributed by atoms with Crippen LogP contribution in [-0.4, -0.2) is 23.3 Å². The number of nitrogens with two attached hydrogens (primary N) is 1. The van der Waals surface area contributed by atoms with Crippen LogP contribution in [0.4, 0.5) is 4.79 Å². The number of hydrogen-bond acceptors (Lipinski definition) is 3. The summed E-state index contributed by atoms with van der Waals surface area (Å²) in [6, 6.07) is 8.97. The second kappa shape index (κ2) is 4.88. The summed E-state index contributed by atoms with van der Waals surface area (Å²) < 4.78 is 0. The van der Waals surface area contributed by atoms with Gasteiger partial charge in [-0.2, -0.15) is 10.4 Å². The lowest BCUT2D eigenvalue weighted by molar-refractivity contribution is 0.215. The molecule has 5 nitrogen and oxygen atoms in total. The van der Waals surface area contributed by atoms with Crippen LogP contribution in [-0.2, 0) is 0 Å². The Morgan fingerprint density at radius 3 is 2.67 bits per heavy atom. The fourth-order valence-corrected chi connectivity index (χ4v) is 1.98. The predicted octanol–water partition coefficient (Wildman–Crippen LogP) is 1.80. The predicted molar refractivity (Wildman–Crippen MR) is 67.9 cm³/mol. The van der Waals surface area contributed by atoms with E-state index in [1.54, 1.807) is 12.1 Å². The van der Waals surface area contributed by atoms with Gasteiger partial charge in [0.15, 0.2) is 0 Å². The number of carbonyl (C=O) groups is 1. The third-order valence-electron chi connectivity index (χ3n) is 3.12. The van der Waals surface area contributed by atoms with Crippen LogP contribution < -0.4 is 5.73 Å². The first-order valence-electron chi connectivity index (χ1n) is 5.76. The molecule has 0 radical (unpaired) electrons. The number of rotatable bonds is 2. The first kappa shape index (κ1) is 12.1. The smallest absolute Gasteiger partial charge is 0.335 e. The zero-order valence-electron chi connectivity index (χ0n) is 10.1. The Morgan fingerprint density at radius 2 is 2.17 bits per heavy atom. The van der Waals surface area contributed by atoms with Gasteiger partial charge in [-0.3, -0.25) is 0 Å². The molecule has 1 aliphatic rings. The summed E-state index contributed by atoms with van der Waals surface area (Å²) in [6.45, 7) is 2.58. The number of benzene rings is 1. The maximum atomic E-state index is 11.0. The molecule has 0 saturated heterocycles. The molecule has 1 atom stereocenters. The minimum Gasteiger partial charge on any atom is -0.350 e. The average Bonchev–Trinajstić information content (AvgIpc) is 2.88. The van der Waals surface area contributed by atoms with Crippen LogP contribution in [0, 0.1) is 11.3 Å². The molecule has 1 heterocycles. The Bertz CT molecular complexity index is 527. The summed E-state index contributed by atoms with van der Waals surface area (Å²) in [5.74, 6) is 0.127. The highest BCUT2D eigenvalue weighted by atomic mass is 16.2. The number of hydrogen-bond donors (Lipinski definition) is 1. The Hall–Kier alpha value is -2.35. The van der Waals surface area contributed by atoms with Crippen LogP contribution in [0.5, 0.6) is 0 Å². The third-order valence-corrected chi connectivity index (χ3v) is 3.12. The van der Waals surface area contributed by atoms with Gasteiger partial charge in [0, 0.05) is 18.1 Å². The molecule has 0 spiro atoms. The number of nitriles is 1. The Kier molecular flexibility index (Phi) is 3.28. The van der Waals surface area contributed by atoms with E-state index in [4.69, 9.17) is 11.0 Å². The van der Waals surface area contributed by atoms with Gasteiger partial charge in [-0.15, -0.1) is 0 Å². The summed E-state index contributed by atoms with van der Waals surface area (Å²) in [5.41, 5.74) is 7.84. The molecule has 18 heavy (non-hydrogen) atoms. The first-order valence-corrected chi connectivity index (χ1v) is 5.76. The lowest BCUT2D eigenvalue weighted by Crippen LogP contribution is -2.29. The molecule has 1 aromatic rings. The monoisotopic (exact) mass is 242 g/mol. The van der Waals surface area contributed by atoms with E-state index in [0.29, 0.717) is 12.1 Å². The molecule has 2 N–H and O–H groups in total. The van der Waals surface area contributed by atoms with Gasteiger partial charge in [-0.05, 0) is 17.7 Å².